The van der Waals surface area contributed by atoms with E-state index >= 15 is 0 Å². The molecule has 2 aromatic rings. The van der Waals surface area contributed by atoms with E-state index < -0.39 is 22.8 Å². The number of aliphatic carboxylic acids is 1. The van der Waals surface area contributed by atoms with Crippen LogP contribution in [0.3, 0.4) is 0 Å². The fourth-order valence-corrected chi connectivity index (χ4v) is 2.50. The first kappa shape index (κ1) is 21.0. The van der Waals surface area contributed by atoms with E-state index in [2.05, 4.69) is 16.0 Å². The van der Waals surface area contributed by atoms with E-state index in [4.69, 9.17) is 0 Å². The molecule has 1 atom stereocenters. The SMILES string of the molecule is O=C(C[C@@H](NCCNCc1ccccc1)C(=O)O)Nc1cccc([N+](=O)[O-])c1. The summed E-state index contributed by atoms with van der Waals surface area (Å²) >= 11 is 0. The van der Waals surface area contributed by atoms with Gasteiger partial charge in [0.2, 0.25) is 5.91 Å². The minimum Gasteiger partial charge on any atom is -0.480 e. The Morgan fingerprint density at radius 2 is 1.82 bits per heavy atom. The first-order valence-corrected chi connectivity index (χ1v) is 8.71. The summed E-state index contributed by atoms with van der Waals surface area (Å²) in [5, 5.41) is 28.5. The molecule has 28 heavy (non-hydrogen) atoms. The number of hydrogen-bond donors (Lipinski definition) is 4. The number of carboxylic acid groups (broad SMARTS) is 1. The minimum absolute atomic E-state index is 0.157. The molecule has 2 rings (SSSR count). The third kappa shape index (κ3) is 7.14. The van der Waals surface area contributed by atoms with Gasteiger partial charge in [0.15, 0.2) is 0 Å². The van der Waals surface area contributed by atoms with Gasteiger partial charge in [-0.05, 0) is 11.6 Å². The summed E-state index contributed by atoms with van der Waals surface area (Å²) in [5.74, 6) is -1.69. The third-order valence-corrected chi connectivity index (χ3v) is 3.89. The second-order valence-electron chi connectivity index (χ2n) is 6.07. The van der Waals surface area contributed by atoms with Crippen molar-refractivity contribution < 1.29 is 19.6 Å². The Morgan fingerprint density at radius 3 is 2.50 bits per heavy atom. The van der Waals surface area contributed by atoms with Crippen LogP contribution in [0.4, 0.5) is 11.4 Å². The molecule has 0 saturated carbocycles. The van der Waals surface area contributed by atoms with Crippen molar-refractivity contribution in [3.63, 3.8) is 0 Å². The summed E-state index contributed by atoms with van der Waals surface area (Å²) < 4.78 is 0. The van der Waals surface area contributed by atoms with Crippen molar-refractivity contribution in [1.29, 1.82) is 0 Å². The van der Waals surface area contributed by atoms with Gasteiger partial charge in [0.1, 0.15) is 6.04 Å². The molecule has 0 aromatic heterocycles. The topological polar surface area (TPSA) is 134 Å². The van der Waals surface area contributed by atoms with Crippen LogP contribution in [-0.2, 0) is 16.1 Å². The van der Waals surface area contributed by atoms with Crippen LogP contribution in [0.5, 0.6) is 0 Å². The Balaban J connectivity index is 1.76. The lowest BCUT2D eigenvalue weighted by atomic mass is 10.2. The lowest BCUT2D eigenvalue weighted by Crippen LogP contribution is -2.42. The van der Waals surface area contributed by atoms with Crippen LogP contribution < -0.4 is 16.0 Å². The quantitative estimate of drug-likeness (QED) is 0.263. The summed E-state index contributed by atoms with van der Waals surface area (Å²) in [7, 11) is 0. The number of anilines is 1. The second kappa shape index (κ2) is 10.8. The standard InChI is InChI=1S/C19H22N4O5/c24-18(22-15-7-4-8-16(11-15)23(27)28)12-17(19(25)26)21-10-9-20-13-14-5-2-1-3-6-14/h1-8,11,17,20-21H,9-10,12-13H2,(H,22,24)(H,25,26)/t17-/m1/s1. The smallest absolute Gasteiger partial charge is 0.321 e. The molecule has 0 radical (unpaired) electrons. The highest BCUT2D eigenvalue weighted by Gasteiger charge is 2.20. The van der Waals surface area contributed by atoms with Crippen molar-refractivity contribution in [2.75, 3.05) is 18.4 Å². The number of hydrogen-bond acceptors (Lipinski definition) is 6. The normalized spacial score (nSPS) is 11.6. The van der Waals surface area contributed by atoms with Crippen molar-refractivity contribution in [1.82, 2.24) is 10.6 Å². The zero-order valence-electron chi connectivity index (χ0n) is 15.1. The van der Waals surface area contributed by atoms with E-state index in [0.29, 0.717) is 19.6 Å². The van der Waals surface area contributed by atoms with E-state index in [1.807, 2.05) is 30.3 Å². The summed E-state index contributed by atoms with van der Waals surface area (Å²) in [6, 6.07) is 14.2. The number of benzene rings is 2. The third-order valence-electron chi connectivity index (χ3n) is 3.89. The average Bonchev–Trinajstić information content (AvgIpc) is 2.67. The number of non-ortho nitro benzene ring substituents is 1. The van der Waals surface area contributed by atoms with E-state index in [0.717, 1.165) is 5.56 Å². The zero-order valence-corrected chi connectivity index (χ0v) is 15.1. The number of carbonyl (C=O) groups is 2. The van der Waals surface area contributed by atoms with E-state index in [9.17, 15) is 24.8 Å². The molecular weight excluding hydrogens is 364 g/mol. The number of nitro groups is 1. The van der Waals surface area contributed by atoms with Crippen molar-refractivity contribution in [2.24, 2.45) is 0 Å². The lowest BCUT2D eigenvalue weighted by Gasteiger charge is -2.15. The number of carboxylic acids is 1. The molecule has 0 saturated heterocycles. The largest absolute Gasteiger partial charge is 0.480 e. The Morgan fingerprint density at radius 1 is 1.07 bits per heavy atom. The molecule has 0 spiro atoms. The minimum atomic E-state index is -1.14. The van der Waals surface area contributed by atoms with E-state index in [-0.39, 0.29) is 17.8 Å². The monoisotopic (exact) mass is 386 g/mol. The molecule has 2 aromatic carbocycles. The van der Waals surface area contributed by atoms with Crippen LogP contribution in [0.2, 0.25) is 0 Å². The molecule has 0 bridgehead atoms. The molecule has 0 aliphatic rings. The highest BCUT2D eigenvalue weighted by molar-refractivity contribution is 5.94. The Hall–Kier alpha value is -3.30. The first-order chi connectivity index (χ1) is 13.5. The number of carbonyl (C=O) groups excluding carboxylic acids is 1. The highest BCUT2D eigenvalue weighted by Crippen LogP contribution is 2.17. The Bertz CT molecular complexity index is 813. The number of nitrogens with one attached hydrogen (secondary N) is 3. The van der Waals surface area contributed by atoms with Gasteiger partial charge in [-0.2, -0.15) is 0 Å². The van der Waals surface area contributed by atoms with Gasteiger partial charge in [0.05, 0.1) is 11.3 Å². The molecule has 0 unspecified atom stereocenters. The zero-order chi connectivity index (χ0) is 20.4. The van der Waals surface area contributed by atoms with Crippen LogP contribution in [-0.4, -0.2) is 41.0 Å². The second-order valence-corrected chi connectivity index (χ2v) is 6.07. The molecule has 0 fully saturated rings. The molecule has 0 heterocycles. The predicted octanol–water partition coefficient (Wildman–Crippen LogP) is 1.76. The van der Waals surface area contributed by atoms with Crippen molar-refractivity contribution >= 4 is 23.3 Å². The number of rotatable bonds is 11. The predicted molar refractivity (Wildman–Crippen MR) is 104 cm³/mol. The van der Waals surface area contributed by atoms with Gasteiger partial charge < -0.3 is 21.1 Å². The maximum atomic E-state index is 12.1. The maximum absolute atomic E-state index is 12.1. The van der Waals surface area contributed by atoms with Crippen LogP contribution in [0.15, 0.2) is 54.6 Å². The summed E-state index contributed by atoms with van der Waals surface area (Å²) in [5.41, 5.74) is 1.21. The molecule has 0 aliphatic carbocycles. The summed E-state index contributed by atoms with van der Waals surface area (Å²) in [6.45, 7) is 1.56. The highest BCUT2D eigenvalue weighted by atomic mass is 16.6. The molecule has 148 valence electrons. The Labute approximate surface area is 161 Å². The molecule has 1 amide bonds. The van der Waals surface area contributed by atoms with Crippen LogP contribution in [0, 0.1) is 10.1 Å². The van der Waals surface area contributed by atoms with Gasteiger partial charge in [-0.15, -0.1) is 0 Å². The Kier molecular flexibility index (Phi) is 8.07. The molecular formula is C19H22N4O5. The number of amides is 1. The van der Waals surface area contributed by atoms with Crippen molar-refractivity contribution in [3.05, 3.63) is 70.3 Å². The molecule has 9 nitrogen and oxygen atoms in total. The summed E-state index contributed by atoms with van der Waals surface area (Å²) in [6.07, 6.45) is -0.295. The molecule has 9 heteroatoms. The average molecular weight is 386 g/mol. The van der Waals surface area contributed by atoms with Gasteiger partial charge in [-0.1, -0.05) is 36.4 Å². The summed E-state index contributed by atoms with van der Waals surface area (Å²) in [4.78, 5) is 33.6. The van der Waals surface area contributed by atoms with Gasteiger partial charge in [-0.25, -0.2) is 0 Å². The first-order valence-electron chi connectivity index (χ1n) is 8.71. The van der Waals surface area contributed by atoms with Gasteiger partial charge in [0, 0.05) is 37.5 Å². The maximum Gasteiger partial charge on any atom is 0.321 e. The van der Waals surface area contributed by atoms with Gasteiger partial charge >= 0.3 is 5.97 Å². The number of nitro benzene ring substituents is 1. The molecule has 0 aliphatic heterocycles. The van der Waals surface area contributed by atoms with E-state index in [1.54, 1.807) is 0 Å². The van der Waals surface area contributed by atoms with Crippen LogP contribution in [0.1, 0.15) is 12.0 Å². The lowest BCUT2D eigenvalue weighted by molar-refractivity contribution is -0.384. The van der Waals surface area contributed by atoms with Crippen molar-refractivity contribution in [2.45, 2.75) is 19.0 Å². The number of nitrogens with zero attached hydrogens (tertiary/aromatic N) is 1. The van der Waals surface area contributed by atoms with Crippen molar-refractivity contribution in [3.8, 4) is 0 Å². The van der Waals surface area contributed by atoms with Crippen LogP contribution in [0.25, 0.3) is 0 Å². The van der Waals surface area contributed by atoms with Gasteiger partial charge in [0.25, 0.3) is 5.69 Å². The fourth-order valence-electron chi connectivity index (χ4n) is 2.50. The van der Waals surface area contributed by atoms with Gasteiger partial charge in [-0.3, -0.25) is 19.7 Å². The molecule has 4 N–H and O–H groups in total. The van der Waals surface area contributed by atoms with E-state index in [1.165, 1.54) is 24.3 Å². The van der Waals surface area contributed by atoms with Crippen LogP contribution >= 0.6 is 0 Å². The fraction of sp³-hybridized carbons (Fsp3) is 0.263.